The van der Waals surface area contributed by atoms with Gasteiger partial charge in [0.2, 0.25) is 17.7 Å². The normalized spacial score (nSPS) is 14.2. The van der Waals surface area contributed by atoms with Crippen LogP contribution in [0.15, 0.2) is 48.5 Å². The summed E-state index contributed by atoms with van der Waals surface area (Å²) in [6.45, 7) is 5.49. The van der Waals surface area contributed by atoms with E-state index in [0.29, 0.717) is 17.1 Å². The van der Waals surface area contributed by atoms with Gasteiger partial charge in [0.05, 0.1) is 22.1 Å². The number of hydrogen-bond donors (Lipinski definition) is 2. The number of carbonyl (C=O) groups excluding carboxylic acids is 4. The van der Waals surface area contributed by atoms with Crippen molar-refractivity contribution in [1.29, 1.82) is 0 Å². The van der Waals surface area contributed by atoms with Crippen molar-refractivity contribution < 1.29 is 19.2 Å². The Hall–Kier alpha value is -3.98. The van der Waals surface area contributed by atoms with E-state index < -0.39 is 11.9 Å². The molecule has 0 bridgehead atoms. The van der Waals surface area contributed by atoms with Crippen LogP contribution >= 0.6 is 11.6 Å². The molecule has 1 aromatic heterocycles. The van der Waals surface area contributed by atoms with E-state index in [1.165, 1.54) is 12.1 Å². The van der Waals surface area contributed by atoms with Gasteiger partial charge in [-0.25, -0.2) is 0 Å². The molecule has 2 aromatic carbocycles. The van der Waals surface area contributed by atoms with Gasteiger partial charge < -0.3 is 10.6 Å². The molecule has 1 unspecified atom stereocenters. The van der Waals surface area contributed by atoms with Crippen LogP contribution in [0.2, 0.25) is 5.02 Å². The lowest BCUT2D eigenvalue weighted by atomic mass is 10.1. The van der Waals surface area contributed by atoms with E-state index in [9.17, 15) is 19.2 Å². The molecule has 9 nitrogen and oxygen atoms in total. The summed E-state index contributed by atoms with van der Waals surface area (Å²) in [5.74, 6) is -1.29. The lowest BCUT2D eigenvalue weighted by molar-refractivity contribution is -0.121. The van der Waals surface area contributed by atoms with Gasteiger partial charge in [-0.15, -0.1) is 0 Å². The first-order chi connectivity index (χ1) is 16.6. The van der Waals surface area contributed by atoms with Crippen molar-refractivity contribution in [3.63, 3.8) is 0 Å². The fraction of sp³-hybridized carbons (Fsp3) is 0.240. The zero-order valence-electron chi connectivity index (χ0n) is 19.5. The van der Waals surface area contributed by atoms with E-state index in [1.54, 1.807) is 41.9 Å². The highest BCUT2D eigenvalue weighted by Gasteiger charge is 2.30. The summed E-state index contributed by atoms with van der Waals surface area (Å²) in [6, 6.07) is 12.4. The summed E-state index contributed by atoms with van der Waals surface area (Å²) in [7, 11) is 0. The largest absolute Gasteiger partial charge is 0.323 e. The van der Waals surface area contributed by atoms with Crippen LogP contribution in [0.5, 0.6) is 0 Å². The van der Waals surface area contributed by atoms with Gasteiger partial charge in [-0.3, -0.25) is 28.8 Å². The summed E-state index contributed by atoms with van der Waals surface area (Å²) in [5, 5.41) is 10.1. The van der Waals surface area contributed by atoms with E-state index in [-0.39, 0.29) is 41.1 Å². The molecule has 4 rings (SSSR count). The van der Waals surface area contributed by atoms with Crippen LogP contribution in [0, 0.1) is 13.8 Å². The minimum absolute atomic E-state index is 0.163. The first-order valence-electron chi connectivity index (χ1n) is 11.0. The standard InChI is InChI=1S/C25H24ClN5O4/c1-14-11-15(2)31(29-14)16(3)24(34)28-21-8-7-18(13-20(21)26)27-25(35)17-5-4-6-19(12-17)30-22(32)9-10-23(30)33/h4-8,11-13,16H,9-10H2,1-3H3,(H,27,35)(H,28,34). The molecular formula is C25H24ClN5O4. The van der Waals surface area contributed by atoms with Gasteiger partial charge >= 0.3 is 0 Å². The van der Waals surface area contributed by atoms with Crippen molar-refractivity contribution in [1.82, 2.24) is 9.78 Å². The summed E-state index contributed by atoms with van der Waals surface area (Å²) < 4.78 is 1.64. The van der Waals surface area contributed by atoms with Gasteiger partial charge in [-0.1, -0.05) is 17.7 Å². The van der Waals surface area contributed by atoms with Gasteiger partial charge in [-0.2, -0.15) is 5.10 Å². The molecule has 1 saturated heterocycles. The molecule has 10 heteroatoms. The summed E-state index contributed by atoms with van der Waals surface area (Å²) in [4.78, 5) is 50.6. The molecule has 1 aliphatic heterocycles. The predicted molar refractivity (Wildman–Crippen MR) is 133 cm³/mol. The Labute approximate surface area is 207 Å². The number of anilines is 3. The van der Waals surface area contributed by atoms with Crippen LogP contribution in [0.1, 0.15) is 47.6 Å². The van der Waals surface area contributed by atoms with Crippen LogP contribution in [-0.4, -0.2) is 33.4 Å². The lowest BCUT2D eigenvalue weighted by Gasteiger charge is -2.16. The Morgan fingerprint density at radius 2 is 1.71 bits per heavy atom. The Morgan fingerprint density at radius 3 is 2.34 bits per heavy atom. The maximum Gasteiger partial charge on any atom is 0.255 e. The number of amides is 4. The summed E-state index contributed by atoms with van der Waals surface area (Å²) in [6.07, 6.45) is 0.327. The molecule has 35 heavy (non-hydrogen) atoms. The molecule has 180 valence electrons. The molecule has 0 aliphatic carbocycles. The van der Waals surface area contributed by atoms with Gasteiger partial charge in [0, 0.05) is 29.8 Å². The monoisotopic (exact) mass is 493 g/mol. The molecule has 1 aliphatic rings. The predicted octanol–water partition coefficient (Wildman–Crippen LogP) is 4.26. The lowest BCUT2D eigenvalue weighted by Crippen LogP contribution is -2.28. The number of carbonyl (C=O) groups is 4. The minimum atomic E-state index is -0.541. The first kappa shape index (κ1) is 24.2. The quantitative estimate of drug-likeness (QED) is 0.498. The Balaban J connectivity index is 1.44. The molecule has 2 heterocycles. The van der Waals surface area contributed by atoms with Crippen molar-refractivity contribution in [3.8, 4) is 0 Å². The number of benzene rings is 2. The zero-order valence-corrected chi connectivity index (χ0v) is 20.2. The Bertz CT molecular complexity index is 1330. The van der Waals surface area contributed by atoms with Crippen molar-refractivity contribution in [2.24, 2.45) is 0 Å². The summed E-state index contributed by atoms with van der Waals surface area (Å²) in [5.41, 5.74) is 3.15. The second-order valence-electron chi connectivity index (χ2n) is 8.36. The third-order valence-electron chi connectivity index (χ3n) is 5.69. The maximum absolute atomic E-state index is 12.8. The molecule has 0 saturated carbocycles. The average Bonchev–Trinajstić information content (AvgIpc) is 3.34. The maximum atomic E-state index is 12.8. The van der Waals surface area contributed by atoms with Gasteiger partial charge in [0.15, 0.2) is 0 Å². The Kier molecular flexibility index (Phi) is 6.70. The SMILES string of the molecule is Cc1cc(C)n(C(C)C(=O)Nc2ccc(NC(=O)c3cccc(N4C(=O)CCC4=O)c3)cc2Cl)n1. The topological polar surface area (TPSA) is 113 Å². The zero-order chi connectivity index (χ0) is 25.3. The molecule has 0 spiro atoms. The third-order valence-corrected chi connectivity index (χ3v) is 6.01. The first-order valence-corrected chi connectivity index (χ1v) is 11.4. The van der Waals surface area contributed by atoms with Crippen molar-refractivity contribution in [2.45, 2.75) is 39.7 Å². The van der Waals surface area contributed by atoms with E-state index in [4.69, 9.17) is 11.6 Å². The highest BCUT2D eigenvalue weighted by molar-refractivity contribution is 6.34. The highest BCUT2D eigenvalue weighted by Crippen LogP contribution is 2.28. The van der Waals surface area contributed by atoms with Crippen LogP contribution in [-0.2, 0) is 14.4 Å². The molecule has 0 radical (unpaired) electrons. The molecule has 1 atom stereocenters. The minimum Gasteiger partial charge on any atom is -0.323 e. The van der Waals surface area contributed by atoms with Crippen molar-refractivity contribution in [3.05, 3.63) is 70.5 Å². The molecule has 1 fully saturated rings. The van der Waals surface area contributed by atoms with E-state index in [1.807, 2.05) is 19.9 Å². The number of nitrogens with one attached hydrogen (secondary N) is 2. The highest BCUT2D eigenvalue weighted by atomic mass is 35.5. The average molecular weight is 494 g/mol. The molecule has 4 amide bonds. The van der Waals surface area contributed by atoms with Gasteiger partial charge in [-0.05, 0) is 63.2 Å². The second-order valence-corrected chi connectivity index (χ2v) is 8.77. The summed E-state index contributed by atoms with van der Waals surface area (Å²) >= 11 is 6.36. The molecule has 2 N–H and O–H groups in total. The second kappa shape index (κ2) is 9.71. The fourth-order valence-corrected chi connectivity index (χ4v) is 4.16. The molecule has 3 aromatic rings. The number of hydrogen-bond acceptors (Lipinski definition) is 5. The van der Waals surface area contributed by atoms with Crippen LogP contribution in [0.25, 0.3) is 0 Å². The number of aromatic nitrogens is 2. The van der Waals surface area contributed by atoms with Crippen molar-refractivity contribution >= 4 is 52.3 Å². The van der Waals surface area contributed by atoms with Gasteiger partial charge in [0.25, 0.3) is 5.91 Å². The van der Waals surface area contributed by atoms with Crippen LogP contribution < -0.4 is 15.5 Å². The van der Waals surface area contributed by atoms with E-state index in [2.05, 4.69) is 15.7 Å². The smallest absolute Gasteiger partial charge is 0.255 e. The van der Waals surface area contributed by atoms with Crippen LogP contribution in [0.3, 0.4) is 0 Å². The van der Waals surface area contributed by atoms with E-state index >= 15 is 0 Å². The Morgan fingerprint density at radius 1 is 1.00 bits per heavy atom. The number of halogens is 1. The van der Waals surface area contributed by atoms with Crippen LogP contribution in [0.4, 0.5) is 17.1 Å². The number of aryl methyl sites for hydroxylation is 2. The van der Waals surface area contributed by atoms with E-state index in [0.717, 1.165) is 16.3 Å². The fourth-order valence-electron chi connectivity index (χ4n) is 3.93. The number of nitrogens with zero attached hydrogens (tertiary/aromatic N) is 3. The molecular weight excluding hydrogens is 470 g/mol. The number of rotatable bonds is 6. The third kappa shape index (κ3) is 5.09. The van der Waals surface area contributed by atoms with Gasteiger partial charge in [0.1, 0.15) is 6.04 Å². The van der Waals surface area contributed by atoms with Crippen molar-refractivity contribution in [2.75, 3.05) is 15.5 Å². The number of imide groups is 1.